The second-order valence-corrected chi connectivity index (χ2v) is 6.29. The van der Waals surface area contributed by atoms with Gasteiger partial charge in [0.05, 0.1) is 6.10 Å². The molecule has 1 aromatic rings. The van der Waals surface area contributed by atoms with Crippen LogP contribution in [0.4, 0.5) is 0 Å². The Kier molecular flexibility index (Phi) is 3.94. The molecule has 2 atom stereocenters. The summed E-state index contributed by atoms with van der Waals surface area (Å²) >= 11 is 0. The van der Waals surface area contributed by atoms with Gasteiger partial charge in [-0.2, -0.15) is 0 Å². The van der Waals surface area contributed by atoms with Crippen molar-refractivity contribution >= 4 is 5.91 Å². The summed E-state index contributed by atoms with van der Waals surface area (Å²) in [5.41, 5.74) is 0.144. The number of hydrogen-bond donors (Lipinski definition) is 2. The average Bonchev–Trinajstić information content (AvgIpc) is 2.93. The number of carbonyl (C=O) groups excluding carboxylic acids is 1. The highest BCUT2D eigenvalue weighted by Crippen LogP contribution is 2.25. The van der Waals surface area contributed by atoms with Gasteiger partial charge < -0.3 is 14.9 Å². The maximum absolute atomic E-state index is 11.9. The van der Waals surface area contributed by atoms with Crippen molar-refractivity contribution in [2.45, 2.75) is 51.6 Å². The van der Waals surface area contributed by atoms with Crippen molar-refractivity contribution < 1.29 is 14.4 Å². The molecule has 1 aliphatic carbocycles. The Morgan fingerprint density at radius 3 is 2.79 bits per heavy atom. The van der Waals surface area contributed by atoms with E-state index in [0.29, 0.717) is 18.0 Å². The number of hydrogen-bond acceptors (Lipinski definition) is 4. The van der Waals surface area contributed by atoms with Crippen LogP contribution < -0.4 is 5.32 Å². The molecule has 2 rings (SSSR count). The van der Waals surface area contributed by atoms with Gasteiger partial charge in [-0.1, -0.05) is 32.3 Å². The molecule has 0 radical (unpaired) electrons. The van der Waals surface area contributed by atoms with Crippen molar-refractivity contribution in [3.8, 4) is 0 Å². The lowest BCUT2D eigenvalue weighted by Gasteiger charge is -2.14. The van der Waals surface area contributed by atoms with Gasteiger partial charge >= 0.3 is 0 Å². The van der Waals surface area contributed by atoms with E-state index >= 15 is 0 Å². The maximum Gasteiger partial charge on any atom is 0.273 e. The molecule has 2 N–H and O–H groups in total. The molecule has 0 saturated heterocycles. The summed E-state index contributed by atoms with van der Waals surface area (Å²) in [6.07, 6.45) is 2.54. The molecule has 19 heavy (non-hydrogen) atoms. The lowest BCUT2D eigenvalue weighted by atomic mass is 9.93. The van der Waals surface area contributed by atoms with E-state index in [0.717, 1.165) is 19.3 Å². The second-order valence-electron chi connectivity index (χ2n) is 6.29. The standard InChI is InChI=1S/C14H22N2O3/c1-14(2,3)12-7-10(16-19-12)13(18)15-8-9-5-4-6-11(9)17/h7,9,11,17H,4-6,8H2,1-3H3,(H,15,18). The van der Waals surface area contributed by atoms with Gasteiger partial charge in [-0.25, -0.2) is 0 Å². The van der Waals surface area contributed by atoms with Crippen molar-refractivity contribution in [2.24, 2.45) is 5.92 Å². The topological polar surface area (TPSA) is 75.4 Å². The number of aliphatic hydroxyl groups is 1. The first kappa shape index (κ1) is 14.1. The monoisotopic (exact) mass is 266 g/mol. The van der Waals surface area contributed by atoms with Crippen LogP contribution in [0.5, 0.6) is 0 Å². The number of rotatable bonds is 3. The van der Waals surface area contributed by atoms with Crippen molar-refractivity contribution in [3.05, 3.63) is 17.5 Å². The number of aromatic nitrogens is 1. The predicted octanol–water partition coefficient (Wildman–Crippen LogP) is 1.86. The molecule has 0 aliphatic heterocycles. The fourth-order valence-corrected chi connectivity index (χ4v) is 2.31. The summed E-state index contributed by atoms with van der Waals surface area (Å²) in [7, 11) is 0. The SMILES string of the molecule is CC(C)(C)c1cc(C(=O)NCC2CCCC2O)no1. The van der Waals surface area contributed by atoms with Crippen LogP contribution in [0.15, 0.2) is 10.6 Å². The first-order valence-corrected chi connectivity index (χ1v) is 6.81. The van der Waals surface area contributed by atoms with Gasteiger partial charge in [0, 0.05) is 23.9 Å². The average molecular weight is 266 g/mol. The molecule has 0 aromatic carbocycles. The highest BCUT2D eigenvalue weighted by molar-refractivity contribution is 5.92. The normalized spacial score (nSPS) is 23.6. The molecule has 1 saturated carbocycles. The van der Waals surface area contributed by atoms with E-state index < -0.39 is 0 Å². The van der Waals surface area contributed by atoms with Gasteiger partial charge in [0.15, 0.2) is 5.69 Å². The lowest BCUT2D eigenvalue weighted by Crippen LogP contribution is -2.32. The van der Waals surface area contributed by atoms with Crippen LogP contribution >= 0.6 is 0 Å². The Morgan fingerprint density at radius 1 is 1.53 bits per heavy atom. The molecule has 1 fully saturated rings. The molecular weight excluding hydrogens is 244 g/mol. The van der Waals surface area contributed by atoms with Gasteiger partial charge in [-0.3, -0.25) is 4.79 Å². The van der Waals surface area contributed by atoms with Crippen LogP contribution in [0.3, 0.4) is 0 Å². The Morgan fingerprint density at radius 2 is 2.26 bits per heavy atom. The van der Waals surface area contributed by atoms with Gasteiger partial charge in [-0.05, 0) is 12.8 Å². The molecule has 5 heteroatoms. The van der Waals surface area contributed by atoms with E-state index in [1.54, 1.807) is 6.07 Å². The zero-order valence-corrected chi connectivity index (χ0v) is 11.8. The summed E-state index contributed by atoms with van der Waals surface area (Å²) in [4.78, 5) is 11.9. The van der Waals surface area contributed by atoms with Crippen molar-refractivity contribution in [1.29, 1.82) is 0 Å². The molecule has 2 unspecified atom stereocenters. The maximum atomic E-state index is 11.9. The molecule has 1 heterocycles. The van der Waals surface area contributed by atoms with Gasteiger partial charge in [0.2, 0.25) is 0 Å². The van der Waals surface area contributed by atoms with Gasteiger partial charge in [-0.15, -0.1) is 0 Å². The predicted molar refractivity (Wildman–Crippen MR) is 70.9 cm³/mol. The number of aliphatic hydroxyl groups excluding tert-OH is 1. The van der Waals surface area contributed by atoms with E-state index in [1.165, 1.54) is 0 Å². The third-order valence-corrected chi connectivity index (χ3v) is 3.63. The Hall–Kier alpha value is -1.36. The highest BCUT2D eigenvalue weighted by atomic mass is 16.5. The third-order valence-electron chi connectivity index (χ3n) is 3.63. The van der Waals surface area contributed by atoms with Crippen LogP contribution in [0.1, 0.15) is 56.3 Å². The van der Waals surface area contributed by atoms with Crippen LogP contribution in [-0.4, -0.2) is 28.8 Å². The largest absolute Gasteiger partial charge is 0.393 e. The molecule has 0 bridgehead atoms. The smallest absolute Gasteiger partial charge is 0.273 e. The molecule has 0 spiro atoms. The molecule has 1 aromatic heterocycles. The summed E-state index contributed by atoms with van der Waals surface area (Å²) in [5, 5.41) is 16.3. The number of carbonyl (C=O) groups is 1. The first-order chi connectivity index (χ1) is 8.88. The third kappa shape index (κ3) is 3.35. The highest BCUT2D eigenvalue weighted by Gasteiger charge is 2.26. The van der Waals surface area contributed by atoms with Crippen LogP contribution in [-0.2, 0) is 5.41 Å². The Balaban J connectivity index is 1.91. The summed E-state index contributed by atoms with van der Waals surface area (Å²) in [6.45, 7) is 6.51. The van der Waals surface area contributed by atoms with E-state index in [-0.39, 0.29) is 23.3 Å². The molecule has 1 amide bonds. The van der Waals surface area contributed by atoms with Crippen molar-refractivity contribution in [1.82, 2.24) is 10.5 Å². The number of nitrogens with zero attached hydrogens (tertiary/aromatic N) is 1. The summed E-state index contributed by atoms with van der Waals surface area (Å²) < 4.78 is 5.18. The summed E-state index contributed by atoms with van der Waals surface area (Å²) in [5.74, 6) is 0.620. The minimum Gasteiger partial charge on any atom is -0.393 e. The van der Waals surface area contributed by atoms with E-state index in [4.69, 9.17) is 4.52 Å². The Labute approximate surface area is 113 Å². The van der Waals surface area contributed by atoms with Crippen LogP contribution in [0.25, 0.3) is 0 Å². The van der Waals surface area contributed by atoms with Crippen LogP contribution in [0, 0.1) is 5.92 Å². The lowest BCUT2D eigenvalue weighted by molar-refractivity contribution is 0.0908. The number of nitrogens with one attached hydrogen (secondary N) is 1. The molecular formula is C14H22N2O3. The van der Waals surface area contributed by atoms with Crippen molar-refractivity contribution in [3.63, 3.8) is 0 Å². The minimum atomic E-state index is -0.289. The molecule has 5 nitrogen and oxygen atoms in total. The zero-order chi connectivity index (χ0) is 14.0. The van der Waals surface area contributed by atoms with Crippen molar-refractivity contribution in [2.75, 3.05) is 6.54 Å². The fraction of sp³-hybridized carbons (Fsp3) is 0.714. The van der Waals surface area contributed by atoms with E-state index in [1.807, 2.05) is 20.8 Å². The van der Waals surface area contributed by atoms with Gasteiger partial charge in [0.25, 0.3) is 5.91 Å². The first-order valence-electron chi connectivity index (χ1n) is 6.81. The Bertz CT molecular complexity index is 448. The second kappa shape index (κ2) is 5.33. The fourth-order valence-electron chi connectivity index (χ4n) is 2.31. The van der Waals surface area contributed by atoms with E-state index in [2.05, 4.69) is 10.5 Å². The van der Waals surface area contributed by atoms with E-state index in [9.17, 15) is 9.90 Å². The summed E-state index contributed by atoms with van der Waals surface area (Å²) in [6, 6.07) is 1.68. The molecule has 1 aliphatic rings. The molecule has 106 valence electrons. The zero-order valence-electron chi connectivity index (χ0n) is 11.8. The van der Waals surface area contributed by atoms with Crippen LogP contribution in [0.2, 0.25) is 0 Å². The minimum absolute atomic E-state index is 0.160. The number of amides is 1. The van der Waals surface area contributed by atoms with Gasteiger partial charge in [0.1, 0.15) is 5.76 Å². The quantitative estimate of drug-likeness (QED) is 0.875.